The van der Waals surface area contributed by atoms with Gasteiger partial charge in [0.25, 0.3) is 0 Å². The lowest BCUT2D eigenvalue weighted by Crippen LogP contribution is -2.35. The molecule has 0 saturated carbocycles. The summed E-state index contributed by atoms with van der Waals surface area (Å²) in [5, 5.41) is 4.47. The number of ether oxygens (including phenoxy) is 1. The van der Waals surface area contributed by atoms with Crippen molar-refractivity contribution in [3.05, 3.63) is 52.8 Å². The van der Waals surface area contributed by atoms with Gasteiger partial charge in [-0.05, 0) is 26.3 Å². The molecule has 0 unspecified atom stereocenters. The van der Waals surface area contributed by atoms with Gasteiger partial charge in [-0.15, -0.1) is 0 Å². The van der Waals surface area contributed by atoms with Crippen molar-refractivity contribution in [1.29, 1.82) is 0 Å². The van der Waals surface area contributed by atoms with Crippen LogP contribution in [0.4, 0.5) is 0 Å². The number of nitrogens with one attached hydrogen (secondary N) is 1. The molecule has 0 spiro atoms. The Labute approximate surface area is 148 Å². The second kappa shape index (κ2) is 7.79. The van der Waals surface area contributed by atoms with E-state index in [1.54, 1.807) is 18.5 Å². The van der Waals surface area contributed by atoms with Crippen molar-refractivity contribution >= 4 is 16.0 Å². The second-order valence-corrected chi connectivity index (χ2v) is 7.58. The minimum absolute atomic E-state index is 0.164. The number of aromatic nitrogens is 2. The molecule has 0 saturated heterocycles. The highest BCUT2D eigenvalue weighted by molar-refractivity contribution is 7.88. The van der Waals surface area contributed by atoms with Crippen LogP contribution in [0.25, 0.3) is 0 Å². The molecule has 7 nitrogen and oxygen atoms in total. The van der Waals surface area contributed by atoms with E-state index in [4.69, 9.17) is 4.74 Å². The van der Waals surface area contributed by atoms with Crippen LogP contribution < -0.4 is 4.72 Å². The Morgan fingerprint density at radius 3 is 2.48 bits per heavy atom. The lowest BCUT2D eigenvalue weighted by molar-refractivity contribution is -0.145. The van der Waals surface area contributed by atoms with Crippen molar-refractivity contribution in [3.63, 3.8) is 0 Å². The average Bonchev–Trinajstić information content (AvgIpc) is 2.79. The zero-order valence-corrected chi connectivity index (χ0v) is 15.6. The minimum atomic E-state index is -3.61. The van der Waals surface area contributed by atoms with E-state index in [2.05, 4.69) is 9.82 Å². The van der Waals surface area contributed by atoms with Crippen LogP contribution in [0.3, 0.4) is 0 Å². The molecule has 1 N–H and O–H groups in total. The summed E-state index contributed by atoms with van der Waals surface area (Å²) in [6.45, 7) is 5.93. The fourth-order valence-electron chi connectivity index (χ4n) is 2.70. The highest BCUT2D eigenvalue weighted by atomic mass is 32.2. The predicted molar refractivity (Wildman–Crippen MR) is 94.6 cm³/mol. The van der Waals surface area contributed by atoms with E-state index in [1.165, 1.54) is 0 Å². The van der Waals surface area contributed by atoms with E-state index < -0.39 is 22.0 Å². The lowest BCUT2D eigenvalue weighted by Gasteiger charge is -2.17. The molecule has 1 aromatic carbocycles. The van der Waals surface area contributed by atoms with Crippen molar-refractivity contribution < 1.29 is 17.9 Å². The molecular formula is C17H23N3O4S. The van der Waals surface area contributed by atoms with Gasteiger partial charge < -0.3 is 4.74 Å². The van der Waals surface area contributed by atoms with Gasteiger partial charge in [0.2, 0.25) is 10.0 Å². The number of carbonyl (C=O) groups is 1. The maximum absolute atomic E-state index is 12.3. The number of carbonyl (C=O) groups excluding carboxylic acids is 1. The Kier molecular flexibility index (Phi) is 5.97. The summed E-state index contributed by atoms with van der Waals surface area (Å²) in [5.41, 5.74) is 2.89. The van der Waals surface area contributed by atoms with Gasteiger partial charge in [0.15, 0.2) is 0 Å². The molecule has 1 heterocycles. The average molecular weight is 365 g/mol. The summed E-state index contributed by atoms with van der Waals surface area (Å²) in [6.07, 6.45) is 1.01. The SMILES string of the molecule is CCOC(=O)[C@H](NS(C)(=O)=O)c1c(C)nn(Cc2ccccc2)c1C. The molecule has 1 atom stereocenters. The molecule has 0 bridgehead atoms. The quantitative estimate of drug-likeness (QED) is 0.754. The highest BCUT2D eigenvalue weighted by Crippen LogP contribution is 2.24. The molecule has 136 valence electrons. The van der Waals surface area contributed by atoms with E-state index in [0.717, 1.165) is 17.5 Å². The summed E-state index contributed by atoms with van der Waals surface area (Å²) >= 11 is 0. The minimum Gasteiger partial charge on any atom is -0.465 e. The fourth-order valence-corrected chi connectivity index (χ4v) is 3.35. The number of benzene rings is 1. The number of hydrogen-bond donors (Lipinski definition) is 1. The lowest BCUT2D eigenvalue weighted by atomic mass is 10.1. The molecule has 0 aliphatic rings. The molecular weight excluding hydrogens is 342 g/mol. The Morgan fingerprint density at radius 1 is 1.28 bits per heavy atom. The van der Waals surface area contributed by atoms with E-state index in [9.17, 15) is 13.2 Å². The van der Waals surface area contributed by atoms with Gasteiger partial charge in [-0.3, -0.25) is 4.68 Å². The Morgan fingerprint density at radius 2 is 1.92 bits per heavy atom. The van der Waals surface area contributed by atoms with E-state index in [1.807, 2.05) is 37.3 Å². The standard InChI is InChI=1S/C17H23N3O4S/c1-5-24-17(21)16(19-25(4,22)23)15-12(2)18-20(13(15)3)11-14-9-7-6-8-10-14/h6-10,16,19H,5,11H2,1-4H3/t16-/m1/s1. The molecule has 0 radical (unpaired) electrons. The van der Waals surface area contributed by atoms with Gasteiger partial charge in [0, 0.05) is 11.3 Å². The maximum Gasteiger partial charge on any atom is 0.328 e. The van der Waals surface area contributed by atoms with Gasteiger partial charge in [-0.25, -0.2) is 13.2 Å². The van der Waals surface area contributed by atoms with E-state index in [0.29, 0.717) is 17.8 Å². The van der Waals surface area contributed by atoms with Crippen molar-refractivity contribution in [1.82, 2.24) is 14.5 Å². The highest BCUT2D eigenvalue weighted by Gasteiger charge is 2.31. The smallest absolute Gasteiger partial charge is 0.328 e. The Balaban J connectivity index is 2.42. The number of hydrogen-bond acceptors (Lipinski definition) is 5. The van der Waals surface area contributed by atoms with Crippen LogP contribution in [0.1, 0.15) is 35.5 Å². The number of nitrogens with zero attached hydrogens (tertiary/aromatic N) is 2. The predicted octanol–water partition coefficient (Wildman–Crippen LogP) is 1.70. The van der Waals surface area contributed by atoms with Gasteiger partial charge in [0.05, 0.1) is 25.1 Å². The van der Waals surface area contributed by atoms with E-state index in [-0.39, 0.29) is 6.61 Å². The third-order valence-corrected chi connectivity index (χ3v) is 4.42. The number of esters is 1. The van der Waals surface area contributed by atoms with Gasteiger partial charge >= 0.3 is 5.97 Å². The maximum atomic E-state index is 12.3. The third-order valence-electron chi connectivity index (χ3n) is 3.76. The first kappa shape index (κ1) is 19.1. The summed E-state index contributed by atoms with van der Waals surface area (Å²) in [7, 11) is -3.61. The number of aryl methyl sites for hydroxylation is 1. The molecule has 0 fully saturated rings. The van der Waals surface area contributed by atoms with Gasteiger partial charge in [-0.2, -0.15) is 9.82 Å². The molecule has 0 aliphatic carbocycles. The first-order valence-corrected chi connectivity index (χ1v) is 9.83. The summed E-state index contributed by atoms with van der Waals surface area (Å²) in [6, 6.07) is 8.66. The number of sulfonamides is 1. The molecule has 25 heavy (non-hydrogen) atoms. The van der Waals surface area contributed by atoms with Crippen LogP contribution in [0.5, 0.6) is 0 Å². The van der Waals surface area contributed by atoms with Crippen molar-refractivity contribution in [3.8, 4) is 0 Å². The Hall–Kier alpha value is -2.19. The van der Waals surface area contributed by atoms with Crippen molar-refractivity contribution in [2.45, 2.75) is 33.4 Å². The first-order valence-electron chi connectivity index (χ1n) is 7.94. The van der Waals surface area contributed by atoms with Crippen molar-refractivity contribution in [2.75, 3.05) is 12.9 Å². The number of rotatable bonds is 7. The molecule has 8 heteroatoms. The normalized spacial score (nSPS) is 12.8. The molecule has 2 aromatic rings. The van der Waals surface area contributed by atoms with Crippen LogP contribution in [0.2, 0.25) is 0 Å². The molecule has 2 rings (SSSR count). The summed E-state index contributed by atoms with van der Waals surface area (Å²) in [4.78, 5) is 12.3. The zero-order valence-electron chi connectivity index (χ0n) is 14.8. The summed E-state index contributed by atoms with van der Waals surface area (Å²) in [5.74, 6) is -0.640. The second-order valence-electron chi connectivity index (χ2n) is 5.80. The monoisotopic (exact) mass is 365 g/mol. The largest absolute Gasteiger partial charge is 0.465 e. The van der Waals surface area contributed by atoms with Crippen molar-refractivity contribution in [2.24, 2.45) is 0 Å². The third kappa shape index (κ3) is 4.90. The summed E-state index contributed by atoms with van der Waals surface area (Å²) < 4.78 is 32.6. The van der Waals surface area contributed by atoms with E-state index >= 15 is 0 Å². The first-order chi connectivity index (χ1) is 11.7. The fraction of sp³-hybridized carbons (Fsp3) is 0.412. The zero-order chi connectivity index (χ0) is 18.6. The van der Waals surface area contributed by atoms with Crippen LogP contribution >= 0.6 is 0 Å². The van der Waals surface area contributed by atoms with Gasteiger partial charge in [0.1, 0.15) is 6.04 Å². The topological polar surface area (TPSA) is 90.3 Å². The van der Waals surface area contributed by atoms with Gasteiger partial charge in [-0.1, -0.05) is 30.3 Å². The van der Waals surface area contributed by atoms with Crippen LogP contribution in [-0.4, -0.2) is 37.0 Å². The molecule has 0 amide bonds. The van der Waals surface area contributed by atoms with Crippen LogP contribution in [0, 0.1) is 13.8 Å². The molecule has 0 aliphatic heterocycles. The van der Waals surface area contributed by atoms with Crippen LogP contribution in [0.15, 0.2) is 30.3 Å². The Bertz CT molecular complexity index is 844. The molecule has 1 aromatic heterocycles. The van der Waals surface area contributed by atoms with Crippen LogP contribution in [-0.2, 0) is 26.1 Å².